The summed E-state index contributed by atoms with van der Waals surface area (Å²) in [7, 11) is 0. The second-order valence-electron chi connectivity index (χ2n) is 4.65. The SMILES string of the molecule is CCC1OC(=O)C1N(C(=O)O)C(C)(C)C. The van der Waals surface area contributed by atoms with Gasteiger partial charge in [-0.15, -0.1) is 0 Å². The van der Waals surface area contributed by atoms with Gasteiger partial charge in [-0.2, -0.15) is 0 Å². The molecule has 1 aliphatic heterocycles. The van der Waals surface area contributed by atoms with Gasteiger partial charge in [0.15, 0.2) is 6.04 Å². The number of carbonyl (C=O) groups excluding carboxylic acids is 1. The van der Waals surface area contributed by atoms with E-state index in [1.807, 2.05) is 6.92 Å². The number of esters is 1. The van der Waals surface area contributed by atoms with Gasteiger partial charge < -0.3 is 9.84 Å². The molecular weight excluding hydrogens is 198 g/mol. The summed E-state index contributed by atoms with van der Waals surface area (Å²) >= 11 is 0. The molecule has 2 atom stereocenters. The van der Waals surface area contributed by atoms with Gasteiger partial charge >= 0.3 is 12.1 Å². The highest BCUT2D eigenvalue weighted by molar-refractivity contribution is 5.86. The van der Waals surface area contributed by atoms with Gasteiger partial charge in [-0.3, -0.25) is 4.90 Å². The van der Waals surface area contributed by atoms with Crippen molar-refractivity contribution in [3.8, 4) is 0 Å². The van der Waals surface area contributed by atoms with E-state index in [2.05, 4.69) is 0 Å². The van der Waals surface area contributed by atoms with E-state index in [1.165, 1.54) is 4.90 Å². The van der Waals surface area contributed by atoms with Crippen molar-refractivity contribution in [2.45, 2.75) is 51.8 Å². The Hall–Kier alpha value is -1.26. The van der Waals surface area contributed by atoms with Crippen LogP contribution in [-0.4, -0.2) is 39.8 Å². The lowest BCUT2D eigenvalue weighted by Gasteiger charge is -2.46. The first-order valence-corrected chi connectivity index (χ1v) is 5.01. The van der Waals surface area contributed by atoms with Crippen molar-refractivity contribution in [1.29, 1.82) is 0 Å². The maximum atomic E-state index is 11.3. The lowest BCUT2D eigenvalue weighted by Crippen LogP contribution is -2.65. The Kier molecular flexibility index (Phi) is 2.93. The van der Waals surface area contributed by atoms with E-state index in [4.69, 9.17) is 9.84 Å². The van der Waals surface area contributed by atoms with Gasteiger partial charge in [-0.1, -0.05) is 6.92 Å². The summed E-state index contributed by atoms with van der Waals surface area (Å²) in [4.78, 5) is 23.5. The lowest BCUT2D eigenvalue weighted by molar-refractivity contribution is -0.190. The number of carbonyl (C=O) groups is 2. The number of nitrogens with zero attached hydrogens (tertiary/aromatic N) is 1. The number of hydrogen-bond acceptors (Lipinski definition) is 3. The first-order valence-electron chi connectivity index (χ1n) is 5.01. The fraction of sp³-hybridized carbons (Fsp3) is 0.800. The molecule has 1 N–H and O–H groups in total. The van der Waals surface area contributed by atoms with Crippen LogP contribution in [0, 0.1) is 0 Å². The molecule has 1 amide bonds. The summed E-state index contributed by atoms with van der Waals surface area (Å²) in [5.41, 5.74) is -0.594. The van der Waals surface area contributed by atoms with Gasteiger partial charge in [0.25, 0.3) is 0 Å². The molecule has 0 saturated carbocycles. The van der Waals surface area contributed by atoms with Gasteiger partial charge in [0.2, 0.25) is 0 Å². The van der Waals surface area contributed by atoms with Crippen molar-refractivity contribution < 1.29 is 19.4 Å². The molecule has 0 radical (unpaired) electrons. The molecular formula is C10H17NO4. The van der Waals surface area contributed by atoms with E-state index in [1.54, 1.807) is 20.8 Å². The molecule has 1 fully saturated rings. The highest BCUT2D eigenvalue weighted by Crippen LogP contribution is 2.29. The van der Waals surface area contributed by atoms with Crippen LogP contribution in [0.15, 0.2) is 0 Å². The molecule has 0 aliphatic carbocycles. The average Bonchev–Trinajstić information content (AvgIpc) is 2.07. The lowest BCUT2D eigenvalue weighted by atomic mass is 9.95. The zero-order chi connectivity index (χ0) is 11.8. The second kappa shape index (κ2) is 3.72. The largest absolute Gasteiger partial charge is 0.465 e. The Balaban J connectivity index is 2.90. The average molecular weight is 215 g/mol. The minimum Gasteiger partial charge on any atom is -0.465 e. The summed E-state index contributed by atoms with van der Waals surface area (Å²) < 4.78 is 4.88. The monoisotopic (exact) mass is 215 g/mol. The number of ether oxygens (including phenoxy) is 1. The molecule has 5 nitrogen and oxygen atoms in total. The molecule has 1 saturated heterocycles. The number of hydrogen-bond donors (Lipinski definition) is 1. The molecule has 1 aliphatic rings. The molecule has 5 heteroatoms. The van der Waals surface area contributed by atoms with Crippen LogP contribution in [0.5, 0.6) is 0 Å². The van der Waals surface area contributed by atoms with E-state index >= 15 is 0 Å². The fourth-order valence-corrected chi connectivity index (χ4v) is 1.76. The van der Waals surface area contributed by atoms with Gasteiger partial charge in [0.05, 0.1) is 0 Å². The quantitative estimate of drug-likeness (QED) is 0.708. The third-order valence-corrected chi connectivity index (χ3v) is 2.47. The van der Waals surface area contributed by atoms with E-state index < -0.39 is 23.6 Å². The van der Waals surface area contributed by atoms with E-state index in [9.17, 15) is 9.59 Å². The summed E-state index contributed by atoms with van der Waals surface area (Å²) in [6.07, 6.45) is -0.744. The highest BCUT2D eigenvalue weighted by Gasteiger charge is 2.50. The molecule has 0 aromatic rings. The molecule has 86 valence electrons. The molecule has 0 bridgehead atoms. The Labute approximate surface area is 89.0 Å². The van der Waals surface area contributed by atoms with Crippen molar-refractivity contribution in [1.82, 2.24) is 4.90 Å². The first-order chi connectivity index (χ1) is 6.79. The van der Waals surface area contributed by atoms with Gasteiger partial charge in [0, 0.05) is 5.54 Å². The summed E-state index contributed by atoms with van der Waals surface area (Å²) in [6.45, 7) is 7.16. The molecule has 1 heterocycles. The third kappa shape index (κ3) is 2.06. The number of carboxylic acid groups (broad SMARTS) is 1. The Bertz CT molecular complexity index is 282. The predicted octanol–water partition coefficient (Wildman–Crippen LogP) is 1.47. The van der Waals surface area contributed by atoms with Crippen molar-refractivity contribution in [2.75, 3.05) is 0 Å². The molecule has 2 unspecified atom stereocenters. The van der Waals surface area contributed by atoms with Gasteiger partial charge in [-0.25, -0.2) is 9.59 Å². The normalized spacial score (nSPS) is 25.5. The Morgan fingerprint density at radius 3 is 2.33 bits per heavy atom. The summed E-state index contributed by atoms with van der Waals surface area (Å²) in [5, 5.41) is 9.09. The third-order valence-electron chi connectivity index (χ3n) is 2.47. The minimum atomic E-state index is -1.08. The van der Waals surface area contributed by atoms with Crippen LogP contribution in [-0.2, 0) is 9.53 Å². The Morgan fingerprint density at radius 2 is 2.07 bits per heavy atom. The van der Waals surface area contributed by atoms with Crippen LogP contribution in [0.3, 0.4) is 0 Å². The fourth-order valence-electron chi connectivity index (χ4n) is 1.76. The number of rotatable bonds is 2. The zero-order valence-electron chi connectivity index (χ0n) is 9.48. The molecule has 1 rings (SSSR count). The topological polar surface area (TPSA) is 66.8 Å². The van der Waals surface area contributed by atoms with Crippen molar-refractivity contribution in [3.63, 3.8) is 0 Å². The minimum absolute atomic E-state index is 0.298. The van der Waals surface area contributed by atoms with Crippen LogP contribution in [0.25, 0.3) is 0 Å². The van der Waals surface area contributed by atoms with Crippen LogP contribution in [0.1, 0.15) is 34.1 Å². The van der Waals surface area contributed by atoms with Crippen LogP contribution < -0.4 is 0 Å². The summed E-state index contributed by atoms with van der Waals surface area (Å²) in [6, 6.07) is -0.646. The predicted molar refractivity (Wildman–Crippen MR) is 53.6 cm³/mol. The molecule has 15 heavy (non-hydrogen) atoms. The number of cyclic esters (lactones) is 1. The highest BCUT2D eigenvalue weighted by atomic mass is 16.6. The number of amides is 1. The van der Waals surface area contributed by atoms with Crippen LogP contribution in [0.2, 0.25) is 0 Å². The van der Waals surface area contributed by atoms with Crippen LogP contribution in [0.4, 0.5) is 4.79 Å². The van der Waals surface area contributed by atoms with Crippen molar-refractivity contribution in [2.24, 2.45) is 0 Å². The zero-order valence-corrected chi connectivity index (χ0v) is 9.48. The van der Waals surface area contributed by atoms with Gasteiger partial charge in [0.1, 0.15) is 6.10 Å². The maximum Gasteiger partial charge on any atom is 0.408 e. The smallest absolute Gasteiger partial charge is 0.408 e. The molecule has 0 aromatic heterocycles. The van der Waals surface area contributed by atoms with Crippen molar-refractivity contribution in [3.05, 3.63) is 0 Å². The summed E-state index contributed by atoms with van der Waals surface area (Å²) in [5.74, 6) is -0.445. The maximum absolute atomic E-state index is 11.3. The molecule has 0 aromatic carbocycles. The molecule has 0 spiro atoms. The van der Waals surface area contributed by atoms with Crippen LogP contribution >= 0.6 is 0 Å². The van der Waals surface area contributed by atoms with Crippen molar-refractivity contribution >= 4 is 12.1 Å². The standard InChI is InChI=1S/C10H17NO4/c1-5-6-7(8(12)15-6)11(9(13)14)10(2,3)4/h6-7H,5H2,1-4H3,(H,13,14). The van der Waals surface area contributed by atoms with E-state index in [0.717, 1.165) is 0 Å². The van der Waals surface area contributed by atoms with Gasteiger partial charge in [-0.05, 0) is 27.2 Å². The van der Waals surface area contributed by atoms with E-state index in [-0.39, 0.29) is 6.10 Å². The van der Waals surface area contributed by atoms with E-state index in [0.29, 0.717) is 6.42 Å². The second-order valence-corrected chi connectivity index (χ2v) is 4.65. The Morgan fingerprint density at radius 1 is 1.53 bits per heavy atom. The first kappa shape index (κ1) is 11.8.